The molecular formula is C21H22N2O4. The maximum absolute atomic E-state index is 12.2. The van der Waals surface area contributed by atoms with Crippen LogP contribution in [-0.2, 0) is 12.8 Å². The van der Waals surface area contributed by atoms with Crippen LogP contribution < -0.4 is 5.56 Å². The van der Waals surface area contributed by atoms with Gasteiger partial charge >= 0.3 is 5.97 Å². The van der Waals surface area contributed by atoms with E-state index in [0.29, 0.717) is 17.7 Å². The number of carboxylic acids is 1. The van der Waals surface area contributed by atoms with Gasteiger partial charge in [-0.1, -0.05) is 24.6 Å². The highest BCUT2D eigenvalue weighted by atomic mass is 16.4. The maximum Gasteiger partial charge on any atom is 0.345 e. The average molecular weight is 366 g/mol. The summed E-state index contributed by atoms with van der Waals surface area (Å²) in [6.45, 7) is 3.84. The van der Waals surface area contributed by atoms with Crippen molar-refractivity contribution in [2.75, 3.05) is 20.1 Å². The number of fused-ring (bicyclic) bond motifs is 2. The number of likely N-dealkylation sites (N-methyl/N-ethyl adjacent to an activating group) is 1. The summed E-state index contributed by atoms with van der Waals surface area (Å²) in [5.41, 5.74) is 5.71. The molecule has 0 radical (unpaired) electrons. The molecule has 2 aromatic rings. The topological polar surface area (TPSA) is 93.6 Å². The third-order valence-corrected chi connectivity index (χ3v) is 5.63. The molecule has 2 aliphatic rings. The predicted octanol–water partition coefficient (Wildman–Crippen LogP) is 2.65. The minimum Gasteiger partial charge on any atom is -0.506 e. The number of aromatic hydroxyl groups is 1. The monoisotopic (exact) mass is 366 g/mol. The molecule has 2 heterocycles. The molecule has 0 unspecified atom stereocenters. The highest BCUT2D eigenvalue weighted by Gasteiger charge is 2.27. The number of H-pyrrole nitrogens is 1. The molecule has 0 bridgehead atoms. The molecule has 0 amide bonds. The third-order valence-electron chi connectivity index (χ3n) is 5.63. The van der Waals surface area contributed by atoms with Gasteiger partial charge in [0.05, 0.1) is 5.69 Å². The Kier molecular flexibility index (Phi) is 4.15. The van der Waals surface area contributed by atoms with E-state index in [2.05, 4.69) is 29.1 Å². The number of carboxylic acid groups (broad SMARTS) is 1. The zero-order chi connectivity index (χ0) is 19.3. The van der Waals surface area contributed by atoms with Crippen LogP contribution in [0.2, 0.25) is 0 Å². The van der Waals surface area contributed by atoms with E-state index in [1.807, 2.05) is 13.0 Å². The number of nitrogens with one attached hydrogen (secondary N) is 1. The summed E-state index contributed by atoms with van der Waals surface area (Å²) < 4.78 is 0. The Morgan fingerprint density at radius 2 is 2.11 bits per heavy atom. The number of hydrogen-bond acceptors (Lipinski definition) is 4. The number of aromatic amines is 1. The molecule has 0 saturated heterocycles. The van der Waals surface area contributed by atoms with E-state index in [1.165, 1.54) is 22.3 Å². The van der Waals surface area contributed by atoms with Crippen LogP contribution in [-0.4, -0.2) is 46.2 Å². The summed E-state index contributed by atoms with van der Waals surface area (Å²) in [5.74, 6) is -1.87. The molecule has 3 N–H and O–H groups in total. The number of aromatic carboxylic acids is 1. The van der Waals surface area contributed by atoms with Gasteiger partial charge in [0.25, 0.3) is 5.56 Å². The van der Waals surface area contributed by atoms with Crippen molar-refractivity contribution in [1.29, 1.82) is 0 Å². The number of aromatic nitrogens is 1. The van der Waals surface area contributed by atoms with Gasteiger partial charge in [0.1, 0.15) is 5.75 Å². The van der Waals surface area contributed by atoms with Crippen LogP contribution in [0.5, 0.6) is 5.75 Å². The molecule has 0 fully saturated rings. The van der Waals surface area contributed by atoms with Crippen LogP contribution in [0.4, 0.5) is 0 Å². The van der Waals surface area contributed by atoms with Crippen LogP contribution in [0.3, 0.4) is 0 Å². The van der Waals surface area contributed by atoms with Crippen LogP contribution in [0, 0.1) is 0 Å². The molecule has 1 aromatic carbocycles. The first kappa shape index (κ1) is 17.5. The molecule has 0 saturated carbocycles. The highest BCUT2D eigenvalue weighted by Crippen LogP contribution is 2.40. The van der Waals surface area contributed by atoms with E-state index in [1.54, 1.807) is 0 Å². The summed E-state index contributed by atoms with van der Waals surface area (Å²) >= 11 is 0. The smallest absolute Gasteiger partial charge is 0.345 e. The van der Waals surface area contributed by atoms with Gasteiger partial charge < -0.3 is 20.1 Å². The van der Waals surface area contributed by atoms with Crippen LogP contribution in [0.25, 0.3) is 16.8 Å². The Labute approximate surface area is 156 Å². The first-order valence-electron chi connectivity index (χ1n) is 9.15. The number of pyridine rings is 1. The SMILES string of the molecule is CCc1c(-c2ccc3c(c2)CC2=C3CN(C)CC2)[nH]c(=O)c(C(=O)O)c1O. The Morgan fingerprint density at radius 1 is 1.33 bits per heavy atom. The minimum absolute atomic E-state index is 0.412. The summed E-state index contributed by atoms with van der Waals surface area (Å²) in [4.78, 5) is 28.5. The van der Waals surface area contributed by atoms with E-state index in [0.717, 1.165) is 31.5 Å². The fraction of sp³-hybridized carbons (Fsp3) is 0.333. The first-order chi connectivity index (χ1) is 12.9. The largest absolute Gasteiger partial charge is 0.506 e. The minimum atomic E-state index is -1.43. The van der Waals surface area contributed by atoms with Gasteiger partial charge in [-0.15, -0.1) is 0 Å². The average Bonchev–Trinajstić information content (AvgIpc) is 2.98. The third kappa shape index (κ3) is 2.77. The fourth-order valence-corrected chi connectivity index (χ4v) is 4.25. The second-order valence-corrected chi connectivity index (χ2v) is 7.31. The first-order valence-corrected chi connectivity index (χ1v) is 9.15. The lowest BCUT2D eigenvalue weighted by molar-refractivity contribution is 0.0691. The van der Waals surface area contributed by atoms with Gasteiger partial charge in [-0.25, -0.2) is 4.79 Å². The maximum atomic E-state index is 12.2. The van der Waals surface area contributed by atoms with Gasteiger partial charge in [-0.2, -0.15) is 0 Å². The van der Waals surface area contributed by atoms with Crippen LogP contribution in [0.15, 0.2) is 28.6 Å². The number of benzene rings is 1. The Morgan fingerprint density at radius 3 is 2.81 bits per heavy atom. The summed E-state index contributed by atoms with van der Waals surface area (Å²) in [5, 5.41) is 19.6. The van der Waals surface area contributed by atoms with Gasteiger partial charge in [-0.3, -0.25) is 4.79 Å². The Bertz CT molecular complexity index is 1050. The molecule has 6 heteroatoms. The summed E-state index contributed by atoms with van der Waals surface area (Å²) in [6, 6.07) is 6.07. The molecule has 27 heavy (non-hydrogen) atoms. The van der Waals surface area contributed by atoms with Crippen molar-refractivity contribution < 1.29 is 15.0 Å². The fourth-order valence-electron chi connectivity index (χ4n) is 4.25. The lowest BCUT2D eigenvalue weighted by atomic mass is 9.96. The summed E-state index contributed by atoms with van der Waals surface area (Å²) in [7, 11) is 2.13. The van der Waals surface area contributed by atoms with E-state index in [9.17, 15) is 19.8 Å². The Balaban J connectivity index is 1.81. The molecular weight excluding hydrogens is 344 g/mol. The zero-order valence-corrected chi connectivity index (χ0v) is 15.4. The quantitative estimate of drug-likeness (QED) is 0.776. The summed E-state index contributed by atoms with van der Waals surface area (Å²) in [6.07, 6.45) is 2.40. The van der Waals surface area contributed by atoms with Crippen molar-refractivity contribution in [3.8, 4) is 17.0 Å². The van der Waals surface area contributed by atoms with Gasteiger partial charge in [0.15, 0.2) is 5.56 Å². The second-order valence-electron chi connectivity index (χ2n) is 7.31. The van der Waals surface area contributed by atoms with E-state index >= 15 is 0 Å². The molecule has 1 aromatic heterocycles. The molecule has 4 rings (SSSR count). The molecule has 0 spiro atoms. The normalized spacial score (nSPS) is 16.4. The van der Waals surface area contributed by atoms with Crippen molar-refractivity contribution in [3.63, 3.8) is 0 Å². The number of hydrogen-bond donors (Lipinski definition) is 3. The predicted molar refractivity (Wildman–Crippen MR) is 103 cm³/mol. The number of carbonyl (C=O) groups is 1. The molecule has 6 nitrogen and oxygen atoms in total. The van der Waals surface area contributed by atoms with Crippen molar-refractivity contribution in [3.05, 3.63) is 56.4 Å². The standard InChI is InChI=1S/C21H22N2O4/c1-3-14-18(22-20(25)17(19(14)24)21(26)27)12-4-5-15-13(9-12)8-11-6-7-23(2)10-16(11)15/h4-5,9H,3,6-8,10H2,1-2H3,(H,26,27)(H2,22,24,25). The molecule has 0 atom stereocenters. The second kappa shape index (κ2) is 6.39. The van der Waals surface area contributed by atoms with E-state index < -0.39 is 22.8 Å². The van der Waals surface area contributed by atoms with Crippen molar-refractivity contribution in [2.24, 2.45) is 0 Å². The molecule has 140 valence electrons. The lowest BCUT2D eigenvalue weighted by Gasteiger charge is -2.24. The van der Waals surface area contributed by atoms with Crippen LogP contribution in [0.1, 0.15) is 40.4 Å². The van der Waals surface area contributed by atoms with E-state index in [-0.39, 0.29) is 0 Å². The molecule has 1 aliphatic carbocycles. The van der Waals surface area contributed by atoms with Crippen molar-refractivity contribution in [2.45, 2.75) is 26.2 Å². The van der Waals surface area contributed by atoms with E-state index in [4.69, 9.17) is 0 Å². The van der Waals surface area contributed by atoms with Crippen molar-refractivity contribution in [1.82, 2.24) is 9.88 Å². The van der Waals surface area contributed by atoms with Gasteiger partial charge in [-0.05, 0) is 54.6 Å². The van der Waals surface area contributed by atoms with Crippen LogP contribution >= 0.6 is 0 Å². The Hall–Kier alpha value is -2.86. The van der Waals surface area contributed by atoms with Crippen molar-refractivity contribution >= 4 is 11.5 Å². The molecule has 1 aliphatic heterocycles. The van der Waals surface area contributed by atoms with Gasteiger partial charge in [0.2, 0.25) is 0 Å². The number of rotatable bonds is 3. The number of nitrogens with zero attached hydrogens (tertiary/aromatic N) is 1. The highest BCUT2D eigenvalue weighted by molar-refractivity contribution is 5.92. The lowest BCUT2D eigenvalue weighted by Crippen LogP contribution is -2.26. The van der Waals surface area contributed by atoms with Gasteiger partial charge in [0, 0.05) is 18.7 Å². The zero-order valence-electron chi connectivity index (χ0n) is 15.4.